The SMILES string of the molecule is CCc1nc2ccc(-c3cnc(CC4CN(C(=O)N5CC(O)C5)C4)nc3)cn2c1N(C)c1nc(-c2ccc(F)cc2)c(C#N)s1.CCc1nc2ccc(-c3cnc(CC4CNC4)nc3)cn2c1N(C)c1nc(-c2ccc(F)cc2)c(C#N)s1.Cl.OC1CNC1.[2H]CC. The topological polar surface area (TPSA) is 254 Å². The summed E-state index contributed by atoms with van der Waals surface area (Å²) in [6.07, 6.45) is 14.0. The quantitative estimate of drug-likeness (QED) is 0.0790. The number of pyridine rings is 2. The average molecular weight is 1290 g/mol. The van der Waals surface area contributed by atoms with Gasteiger partial charge in [0.05, 0.1) is 36.7 Å². The zero-order chi connectivity index (χ0) is 63.9. The fourth-order valence-electron chi connectivity index (χ4n) is 10.7. The van der Waals surface area contributed by atoms with E-state index < -0.39 is 6.10 Å². The number of hydrogen-bond acceptors (Lipinski definition) is 19. The number of carbonyl (C=O) groups is 1. The Hall–Kier alpha value is -8.92. The monoisotopic (exact) mass is 1290 g/mol. The third kappa shape index (κ3) is 14.2. The highest BCUT2D eigenvalue weighted by Gasteiger charge is 2.38. The number of nitrogens with one attached hydrogen (secondary N) is 2. The Labute approximate surface area is 541 Å². The molecule has 0 unspecified atom stereocenters. The van der Waals surface area contributed by atoms with Crippen LogP contribution in [0.2, 0.25) is 0 Å². The molecule has 0 spiro atoms. The number of imidazole rings is 2. The molecule has 0 bridgehead atoms. The van der Waals surface area contributed by atoms with E-state index >= 15 is 0 Å². The van der Waals surface area contributed by atoms with Crippen LogP contribution in [-0.4, -0.2) is 153 Å². The van der Waals surface area contributed by atoms with Crippen LogP contribution >= 0.6 is 35.1 Å². The van der Waals surface area contributed by atoms with Gasteiger partial charge in [-0.15, -0.1) is 12.4 Å². The van der Waals surface area contributed by atoms with Gasteiger partial charge in [0.2, 0.25) is 0 Å². The van der Waals surface area contributed by atoms with Crippen molar-refractivity contribution in [1.29, 1.82) is 10.5 Å². The lowest BCUT2D eigenvalue weighted by Gasteiger charge is -2.45. The number of aliphatic hydroxyl groups is 2. The lowest BCUT2D eigenvalue weighted by Crippen LogP contribution is -2.62. The third-order valence-electron chi connectivity index (χ3n) is 15.9. The second kappa shape index (κ2) is 28.9. The van der Waals surface area contributed by atoms with Gasteiger partial charge in [-0.25, -0.2) is 53.4 Å². The number of fused-ring (bicyclic) bond motifs is 2. The Morgan fingerprint density at radius 2 is 0.989 bits per heavy atom. The van der Waals surface area contributed by atoms with Gasteiger partial charge < -0.3 is 40.4 Å². The number of aliphatic hydroxyl groups excluding tert-OH is 2. The van der Waals surface area contributed by atoms with Gasteiger partial charge in [0.25, 0.3) is 0 Å². The van der Waals surface area contributed by atoms with E-state index in [4.69, 9.17) is 26.4 Å². The van der Waals surface area contributed by atoms with Gasteiger partial charge in [-0.1, -0.05) is 50.3 Å². The number of likely N-dealkylation sites (tertiary alicyclic amines) is 2. The maximum absolute atomic E-state index is 13.5. The molecule has 26 heteroatoms. The summed E-state index contributed by atoms with van der Waals surface area (Å²) in [4.78, 5) is 58.4. The van der Waals surface area contributed by atoms with Gasteiger partial charge in [0, 0.05) is 131 Å². The summed E-state index contributed by atoms with van der Waals surface area (Å²) >= 11 is 2.58. The lowest BCUT2D eigenvalue weighted by atomic mass is 9.96. The minimum atomic E-state index is -0.397. The van der Waals surface area contributed by atoms with Gasteiger partial charge in [0.15, 0.2) is 10.3 Å². The molecule has 21 nitrogen and oxygen atoms in total. The van der Waals surface area contributed by atoms with E-state index in [1.165, 1.54) is 46.9 Å². The number of thiazole rings is 2. The lowest BCUT2D eigenvalue weighted by molar-refractivity contribution is 0.00153. The van der Waals surface area contributed by atoms with Crippen molar-refractivity contribution in [1.82, 2.24) is 69.1 Å². The average Bonchev–Trinajstić information content (AvgIpc) is 1.75. The van der Waals surface area contributed by atoms with Crippen LogP contribution < -0.4 is 20.4 Å². The van der Waals surface area contributed by atoms with E-state index in [0.29, 0.717) is 100 Å². The summed E-state index contributed by atoms with van der Waals surface area (Å²) in [5.74, 6) is 3.58. The van der Waals surface area contributed by atoms with E-state index in [9.17, 15) is 29.2 Å². The zero-order valence-electron chi connectivity index (χ0n) is 51.8. The Morgan fingerprint density at radius 3 is 1.34 bits per heavy atom. The van der Waals surface area contributed by atoms with Crippen molar-refractivity contribution in [2.24, 2.45) is 11.8 Å². The van der Waals surface area contributed by atoms with E-state index in [2.05, 4.69) is 49.6 Å². The maximum atomic E-state index is 13.5. The number of anilines is 4. The van der Waals surface area contributed by atoms with Crippen LogP contribution in [0.25, 0.3) is 56.1 Å². The molecule has 0 aliphatic carbocycles. The number of hydrogen-bond donors (Lipinski definition) is 4. The number of aryl methyl sites for hydroxylation is 2. The molecule has 14 rings (SSSR count). The van der Waals surface area contributed by atoms with Crippen LogP contribution in [-0.2, 0) is 25.7 Å². The molecule has 12 heterocycles. The number of halogens is 3. The van der Waals surface area contributed by atoms with Crippen molar-refractivity contribution in [3.63, 3.8) is 0 Å². The molecule has 470 valence electrons. The molecule has 0 atom stereocenters. The Bertz CT molecular complexity index is 4250. The first-order valence-electron chi connectivity index (χ1n) is 30.4. The van der Waals surface area contributed by atoms with Crippen molar-refractivity contribution in [2.75, 3.05) is 76.3 Å². The highest BCUT2D eigenvalue weighted by atomic mass is 35.5. The predicted octanol–water partition coefficient (Wildman–Crippen LogP) is 9.94. The molecule has 2 amide bonds. The highest BCUT2D eigenvalue weighted by Crippen LogP contribution is 2.40. The summed E-state index contributed by atoms with van der Waals surface area (Å²) in [5.41, 5.74) is 9.54. The van der Waals surface area contributed by atoms with Gasteiger partial charge in [0.1, 0.15) is 79.5 Å². The van der Waals surface area contributed by atoms with E-state index in [1.807, 2.05) is 101 Å². The first-order chi connectivity index (χ1) is 44.1. The number of nitrogens with zero attached hydrogens (tertiary/aromatic N) is 16. The number of nitriles is 2. The second-order valence-corrected chi connectivity index (χ2v) is 24.1. The molecule has 91 heavy (non-hydrogen) atoms. The van der Waals surface area contributed by atoms with Gasteiger partial charge in [-0.3, -0.25) is 8.80 Å². The third-order valence-corrected chi connectivity index (χ3v) is 18.0. The van der Waals surface area contributed by atoms with Crippen LogP contribution in [0.4, 0.5) is 35.5 Å². The smallest absolute Gasteiger partial charge is 0.320 e. The normalized spacial score (nSPS) is 14.7. The standard InChI is InChI=1S/C32H30FN9O2S.C28H25FN8S.C3H7NO.C2H6.ClH/c1-3-25-30(39(2)31-38-29(26(11-34)45-31)20-4-7-23(33)8-5-20)42-16-21(6-9-28(42)37-25)22-12-35-27(36-13-22)10-19-14-40(15-19)32(44)41-17-24(43)18-41;1-3-22-27(36(2)28-35-26(23(11-30)38-28)18-4-7-21(29)8-5-18)37-16-19(6-9-25(37)34-22)20-14-32-24(33-15-20)10-17-12-31-13-17;5-3-1-4-2-3;1-2;/h4-9,12-13,16,19,24,43H,3,10,14-15,17-18H2,1-2H3;4-9,14-17,31H,3,10,12-13H2,1-2H3;3-5H,1-2H2;1-2H3;1H/i;;;1D;. The molecule has 10 aromatic rings. The molecule has 0 saturated carbocycles. The van der Waals surface area contributed by atoms with Gasteiger partial charge in [-0.2, -0.15) is 10.5 Å². The number of aromatic nitrogens is 10. The molecule has 4 aliphatic heterocycles. The fourth-order valence-corrected chi connectivity index (χ4v) is 12.4. The molecule has 8 aromatic heterocycles. The van der Waals surface area contributed by atoms with Gasteiger partial charge in [-0.05, 0) is 105 Å². The summed E-state index contributed by atoms with van der Waals surface area (Å²) in [6.45, 7) is 12.2. The number of β-amino-alcohol motifs (C(OH)–C–C–N with tert-alkyl or cyclic N) is 2. The summed E-state index contributed by atoms with van der Waals surface area (Å²) in [5, 5.41) is 44.9. The number of carbonyl (C=O) groups excluding carboxylic acids is 1. The Balaban J connectivity index is 0.000000180. The minimum absolute atomic E-state index is 0. The van der Waals surface area contributed by atoms with Crippen molar-refractivity contribution >= 4 is 74.3 Å². The van der Waals surface area contributed by atoms with E-state index in [1.54, 1.807) is 41.0 Å². The number of amides is 2. The Morgan fingerprint density at radius 1 is 0.604 bits per heavy atom. The van der Waals surface area contributed by atoms with Crippen LogP contribution in [0.3, 0.4) is 0 Å². The maximum Gasteiger partial charge on any atom is 0.320 e. The van der Waals surface area contributed by atoms with Crippen LogP contribution in [0.1, 0.15) is 61.8 Å². The first-order valence-corrected chi connectivity index (χ1v) is 31.4. The number of urea groups is 1. The van der Waals surface area contributed by atoms with Crippen molar-refractivity contribution in [3.8, 4) is 56.9 Å². The molecule has 0 radical (unpaired) electrons. The van der Waals surface area contributed by atoms with E-state index in [0.717, 1.165) is 107 Å². The Kier molecular flexibility index (Phi) is 20.2. The molecule has 4 N–H and O–H groups in total. The molecule has 2 aromatic carbocycles. The fraction of sp³-hybridized carbons (Fsp3) is 0.338. The van der Waals surface area contributed by atoms with Crippen LogP contribution in [0, 0.1) is 46.1 Å². The first kappa shape index (κ1) is 63.6. The molecular weight excluding hydrogens is 1220 g/mol. The predicted molar refractivity (Wildman–Crippen MR) is 351 cm³/mol. The summed E-state index contributed by atoms with van der Waals surface area (Å²) in [7, 11) is 3.83. The van der Waals surface area contributed by atoms with E-state index in [-0.39, 0.29) is 36.2 Å². The highest BCUT2D eigenvalue weighted by molar-refractivity contribution is 7.17. The zero-order valence-corrected chi connectivity index (χ0v) is 53.3. The van der Waals surface area contributed by atoms with Crippen molar-refractivity contribution in [2.45, 2.75) is 65.6 Å². The van der Waals surface area contributed by atoms with Crippen molar-refractivity contribution < 1.29 is 25.2 Å². The summed E-state index contributed by atoms with van der Waals surface area (Å²) < 4.78 is 37.3. The minimum Gasteiger partial charge on any atom is -0.390 e. The number of rotatable bonds is 14. The van der Waals surface area contributed by atoms with Crippen molar-refractivity contribution in [3.05, 3.63) is 154 Å². The summed E-state index contributed by atoms with van der Waals surface area (Å²) in [6, 6.07) is 24.5. The largest absolute Gasteiger partial charge is 0.390 e. The number of benzene rings is 2. The van der Waals surface area contributed by atoms with Crippen LogP contribution in [0.5, 0.6) is 0 Å². The molecular formula is C65H69ClF2N18O3S2. The van der Waals surface area contributed by atoms with Crippen LogP contribution in [0.15, 0.2) is 110 Å². The van der Waals surface area contributed by atoms with Gasteiger partial charge >= 0.3 is 6.03 Å². The molecule has 4 saturated heterocycles. The molecule has 4 aliphatic rings. The second-order valence-electron chi connectivity index (χ2n) is 22.1. The molecule has 4 fully saturated rings.